The summed E-state index contributed by atoms with van der Waals surface area (Å²) in [6, 6.07) is 35.3. The molecule has 1 nitrogen and oxygen atoms in total. The predicted molar refractivity (Wildman–Crippen MR) is 130 cm³/mol. The van der Waals surface area contributed by atoms with Gasteiger partial charge >= 0.3 is 0 Å². The summed E-state index contributed by atoms with van der Waals surface area (Å²) in [6.45, 7) is 0. The third-order valence-corrected chi connectivity index (χ3v) is 6.83. The number of para-hydroxylation sites is 1. The van der Waals surface area contributed by atoms with Gasteiger partial charge in [0.05, 0.1) is 5.69 Å². The lowest BCUT2D eigenvalue weighted by Gasteiger charge is -2.11. The van der Waals surface area contributed by atoms with Gasteiger partial charge in [-0.05, 0) is 53.3 Å². The minimum Gasteiger partial charge on any atom is -0.241 e. The summed E-state index contributed by atoms with van der Waals surface area (Å²) in [5.41, 5.74) is 2.10. The molecule has 0 atom stereocenters. The SMILES string of the molecule is C(/Sc1ccccc1)=C(\C(=Nc1ccccc1)Sc1ccccc1)c1cccs1. The van der Waals surface area contributed by atoms with Crippen LogP contribution in [0.1, 0.15) is 4.88 Å². The first-order valence-electron chi connectivity index (χ1n) is 9.21. The summed E-state index contributed by atoms with van der Waals surface area (Å²) in [5.74, 6) is 0. The lowest BCUT2D eigenvalue weighted by Crippen LogP contribution is -1.96. The van der Waals surface area contributed by atoms with Gasteiger partial charge in [-0.2, -0.15) is 0 Å². The van der Waals surface area contributed by atoms with Crippen molar-refractivity contribution in [1.29, 1.82) is 0 Å². The van der Waals surface area contributed by atoms with Gasteiger partial charge in [-0.15, -0.1) is 11.3 Å². The van der Waals surface area contributed by atoms with Crippen molar-refractivity contribution in [3.63, 3.8) is 0 Å². The van der Waals surface area contributed by atoms with Gasteiger partial charge in [0.1, 0.15) is 5.04 Å². The average Bonchev–Trinajstić information content (AvgIpc) is 3.31. The van der Waals surface area contributed by atoms with Gasteiger partial charge in [-0.25, -0.2) is 4.99 Å². The summed E-state index contributed by atoms with van der Waals surface area (Å²) in [4.78, 5) is 8.63. The lowest BCUT2D eigenvalue weighted by atomic mass is 10.2. The highest BCUT2D eigenvalue weighted by molar-refractivity contribution is 8.15. The molecule has 0 aliphatic rings. The number of rotatable bonds is 6. The Morgan fingerprint density at radius 3 is 1.93 bits per heavy atom. The summed E-state index contributed by atoms with van der Waals surface area (Å²) in [6.07, 6.45) is 0. The molecule has 1 aromatic heterocycles. The largest absolute Gasteiger partial charge is 0.241 e. The van der Waals surface area contributed by atoms with Gasteiger partial charge in [-0.3, -0.25) is 0 Å². The van der Waals surface area contributed by atoms with Crippen molar-refractivity contribution in [3.8, 4) is 0 Å². The third-order valence-electron chi connectivity index (χ3n) is 4.02. The molecular formula is C25H19NS3. The first-order valence-corrected chi connectivity index (χ1v) is 11.8. The molecule has 0 radical (unpaired) electrons. The fraction of sp³-hybridized carbons (Fsp3) is 0. The molecule has 0 unspecified atom stereocenters. The van der Waals surface area contributed by atoms with E-state index in [-0.39, 0.29) is 0 Å². The summed E-state index contributed by atoms with van der Waals surface area (Å²) in [7, 11) is 0. The Morgan fingerprint density at radius 1 is 0.690 bits per heavy atom. The highest BCUT2D eigenvalue weighted by Gasteiger charge is 2.14. The fourth-order valence-corrected chi connectivity index (χ4v) is 5.34. The lowest BCUT2D eigenvalue weighted by molar-refractivity contribution is 1.47. The monoisotopic (exact) mass is 429 g/mol. The standard InChI is InChI=1S/C25H19NS3/c1-4-11-20(12-5-1)26-25(29-22-15-8-3-9-16-22)23(24-17-10-18-27-24)19-28-21-13-6-2-7-14-21/h1-19H/b23-19+,26-25?. The van der Waals surface area contributed by atoms with Crippen LogP contribution in [0.25, 0.3) is 5.57 Å². The number of hydrogen-bond donors (Lipinski definition) is 0. The van der Waals surface area contributed by atoms with E-state index in [2.05, 4.69) is 71.5 Å². The Balaban J connectivity index is 1.76. The van der Waals surface area contributed by atoms with Gasteiger partial charge in [-0.1, -0.05) is 84.2 Å². The predicted octanol–water partition coefficient (Wildman–Crippen LogP) is 8.40. The first kappa shape index (κ1) is 19.8. The topological polar surface area (TPSA) is 12.4 Å². The molecular weight excluding hydrogens is 410 g/mol. The van der Waals surface area contributed by atoms with Crippen LogP contribution < -0.4 is 0 Å². The zero-order chi connectivity index (χ0) is 19.7. The second-order valence-corrected chi connectivity index (χ2v) is 9.06. The van der Waals surface area contributed by atoms with Crippen LogP contribution in [0.3, 0.4) is 0 Å². The van der Waals surface area contributed by atoms with Crippen LogP contribution in [0.2, 0.25) is 0 Å². The zero-order valence-corrected chi connectivity index (χ0v) is 18.1. The normalized spacial score (nSPS) is 12.1. The molecule has 0 N–H and O–H groups in total. The molecule has 0 saturated carbocycles. The number of benzene rings is 3. The number of nitrogens with zero attached hydrogens (tertiary/aromatic N) is 1. The maximum Gasteiger partial charge on any atom is 0.111 e. The first-order chi connectivity index (χ1) is 14.4. The van der Waals surface area contributed by atoms with Crippen molar-refractivity contribution in [1.82, 2.24) is 0 Å². The van der Waals surface area contributed by atoms with E-state index in [1.165, 1.54) is 14.7 Å². The van der Waals surface area contributed by atoms with E-state index in [1.54, 1.807) is 34.9 Å². The zero-order valence-electron chi connectivity index (χ0n) is 15.6. The Bertz CT molecular complexity index is 1070. The Kier molecular flexibility index (Phi) is 7.03. The van der Waals surface area contributed by atoms with Crippen molar-refractivity contribution in [3.05, 3.63) is 119 Å². The maximum absolute atomic E-state index is 5.03. The number of thiophene rings is 1. The number of hydrogen-bond acceptors (Lipinski definition) is 4. The number of thioether (sulfide) groups is 2. The van der Waals surface area contributed by atoms with Crippen LogP contribution in [0.15, 0.2) is 129 Å². The molecule has 4 rings (SSSR count). The quantitative estimate of drug-likeness (QED) is 0.173. The fourth-order valence-electron chi connectivity index (χ4n) is 2.63. The molecule has 1 heterocycles. The highest BCUT2D eigenvalue weighted by atomic mass is 32.2. The van der Waals surface area contributed by atoms with E-state index in [0.29, 0.717) is 0 Å². The van der Waals surface area contributed by atoms with Gasteiger partial charge < -0.3 is 0 Å². The third kappa shape index (κ3) is 5.73. The molecule has 142 valence electrons. The van der Waals surface area contributed by atoms with Crippen LogP contribution in [-0.2, 0) is 0 Å². The van der Waals surface area contributed by atoms with Gasteiger partial charge in [0.15, 0.2) is 0 Å². The summed E-state index contributed by atoms with van der Waals surface area (Å²) in [5, 5.41) is 5.33. The van der Waals surface area contributed by atoms with E-state index in [1.807, 2.05) is 42.5 Å². The molecule has 4 aromatic rings. The van der Waals surface area contributed by atoms with E-state index in [4.69, 9.17) is 4.99 Å². The Morgan fingerprint density at radius 2 is 1.31 bits per heavy atom. The van der Waals surface area contributed by atoms with Crippen molar-refractivity contribution in [2.24, 2.45) is 4.99 Å². The molecule has 0 amide bonds. The van der Waals surface area contributed by atoms with Crippen molar-refractivity contribution >= 4 is 51.2 Å². The molecule has 29 heavy (non-hydrogen) atoms. The van der Waals surface area contributed by atoms with Crippen LogP contribution >= 0.6 is 34.9 Å². The molecule has 3 aromatic carbocycles. The average molecular weight is 430 g/mol. The van der Waals surface area contributed by atoms with Crippen LogP contribution in [-0.4, -0.2) is 5.04 Å². The second-order valence-electron chi connectivity index (χ2n) is 6.11. The molecule has 0 saturated heterocycles. The number of aliphatic imine (C=N–C) groups is 1. The van der Waals surface area contributed by atoms with E-state index in [0.717, 1.165) is 16.3 Å². The molecule has 0 spiro atoms. The molecule has 0 aliphatic carbocycles. The van der Waals surface area contributed by atoms with Crippen molar-refractivity contribution in [2.45, 2.75) is 9.79 Å². The van der Waals surface area contributed by atoms with Gasteiger partial charge in [0.25, 0.3) is 0 Å². The summed E-state index contributed by atoms with van der Waals surface area (Å²) >= 11 is 5.17. The minimum absolute atomic E-state index is 0.957. The van der Waals surface area contributed by atoms with Crippen molar-refractivity contribution < 1.29 is 0 Å². The molecule has 0 aliphatic heterocycles. The van der Waals surface area contributed by atoms with E-state index >= 15 is 0 Å². The van der Waals surface area contributed by atoms with Crippen LogP contribution in [0.5, 0.6) is 0 Å². The van der Waals surface area contributed by atoms with E-state index < -0.39 is 0 Å². The van der Waals surface area contributed by atoms with Crippen LogP contribution in [0.4, 0.5) is 5.69 Å². The second kappa shape index (κ2) is 10.3. The Hall–Kier alpha value is -2.53. The maximum atomic E-state index is 5.03. The summed E-state index contributed by atoms with van der Waals surface area (Å²) < 4.78 is 0. The molecule has 0 fully saturated rings. The molecule has 0 bridgehead atoms. The van der Waals surface area contributed by atoms with Gasteiger partial charge in [0, 0.05) is 20.2 Å². The van der Waals surface area contributed by atoms with Crippen LogP contribution in [0, 0.1) is 0 Å². The van der Waals surface area contributed by atoms with E-state index in [9.17, 15) is 0 Å². The smallest absolute Gasteiger partial charge is 0.111 e. The minimum atomic E-state index is 0.957. The van der Waals surface area contributed by atoms with Crippen molar-refractivity contribution in [2.75, 3.05) is 0 Å². The Labute approximate surface area is 184 Å². The highest BCUT2D eigenvalue weighted by Crippen LogP contribution is 2.35. The molecule has 4 heteroatoms. The van der Waals surface area contributed by atoms with Gasteiger partial charge in [0.2, 0.25) is 0 Å².